The van der Waals surface area contributed by atoms with Crippen LogP contribution in [0.4, 0.5) is 0 Å². The maximum Gasteiger partial charge on any atom is 0.236 e. The molecule has 0 aromatic heterocycles. The lowest BCUT2D eigenvalue weighted by atomic mass is 10.0. The van der Waals surface area contributed by atoms with Crippen LogP contribution in [0, 0.1) is 5.92 Å². The van der Waals surface area contributed by atoms with Crippen LogP contribution in [0.2, 0.25) is 5.02 Å². The average Bonchev–Trinajstić information content (AvgIpc) is 2.84. The monoisotopic (exact) mass is 264 g/mol. The van der Waals surface area contributed by atoms with Gasteiger partial charge in [0.05, 0.1) is 18.8 Å². The van der Waals surface area contributed by atoms with Crippen molar-refractivity contribution in [3.63, 3.8) is 0 Å². The number of fused-ring (bicyclic) bond motifs is 1. The van der Waals surface area contributed by atoms with Crippen molar-refractivity contribution in [2.45, 2.75) is 12.7 Å². The summed E-state index contributed by atoms with van der Waals surface area (Å²) >= 11 is 5.83. The number of halogens is 1. The van der Waals surface area contributed by atoms with Gasteiger partial charge >= 0.3 is 0 Å². The molecule has 1 aromatic rings. The molecule has 1 fully saturated rings. The first-order valence-electron chi connectivity index (χ1n) is 5.80. The van der Waals surface area contributed by atoms with Crippen LogP contribution in [0.3, 0.4) is 0 Å². The predicted octanol–water partition coefficient (Wildman–Crippen LogP) is 0.761. The van der Waals surface area contributed by atoms with Gasteiger partial charge in [-0.15, -0.1) is 0 Å². The summed E-state index contributed by atoms with van der Waals surface area (Å²) in [4.78, 5) is 18.2. The minimum absolute atomic E-state index is 0.0995. The topological polar surface area (TPSA) is 56.7 Å². The number of rotatable bonds is 2. The van der Waals surface area contributed by atoms with Crippen LogP contribution in [-0.4, -0.2) is 29.9 Å². The second kappa shape index (κ2) is 4.68. The van der Waals surface area contributed by atoms with E-state index in [-0.39, 0.29) is 18.0 Å². The largest absolute Gasteiger partial charge is 0.298 e. The molecule has 0 aliphatic carbocycles. The first-order valence-corrected chi connectivity index (χ1v) is 6.18. The summed E-state index contributed by atoms with van der Waals surface area (Å²) in [7, 11) is 0. The highest BCUT2D eigenvalue weighted by Crippen LogP contribution is 2.19. The minimum Gasteiger partial charge on any atom is -0.298 e. The summed E-state index contributed by atoms with van der Waals surface area (Å²) in [5.74, 6) is -0.00949. The molecular formula is C12H13ClN4O. The molecule has 0 saturated carbocycles. The van der Waals surface area contributed by atoms with Gasteiger partial charge < -0.3 is 0 Å². The van der Waals surface area contributed by atoms with Gasteiger partial charge in [-0.1, -0.05) is 23.7 Å². The van der Waals surface area contributed by atoms with E-state index in [1.807, 2.05) is 24.3 Å². The number of hydrogen-bond donors (Lipinski definition) is 2. The van der Waals surface area contributed by atoms with Crippen molar-refractivity contribution in [3.8, 4) is 0 Å². The standard InChI is InChI=1S/C12H13ClN4O/c13-9-3-1-8(2-4-9)6-17-7-14-11-10(12(17)18)5-15-16-11/h1-4,7,10-11,15-16H,5-6H2. The van der Waals surface area contributed by atoms with E-state index in [2.05, 4.69) is 15.8 Å². The van der Waals surface area contributed by atoms with Crippen LogP contribution < -0.4 is 10.9 Å². The quantitative estimate of drug-likeness (QED) is 0.829. The third-order valence-electron chi connectivity index (χ3n) is 3.19. The third kappa shape index (κ3) is 2.12. The van der Waals surface area contributed by atoms with Gasteiger partial charge in [-0.05, 0) is 17.7 Å². The van der Waals surface area contributed by atoms with E-state index in [4.69, 9.17) is 11.6 Å². The van der Waals surface area contributed by atoms with Crippen LogP contribution in [0.5, 0.6) is 0 Å². The van der Waals surface area contributed by atoms with Gasteiger partial charge in [-0.3, -0.25) is 20.1 Å². The Morgan fingerprint density at radius 2 is 2.17 bits per heavy atom. The van der Waals surface area contributed by atoms with Crippen molar-refractivity contribution < 1.29 is 4.79 Å². The van der Waals surface area contributed by atoms with Gasteiger partial charge in [-0.25, -0.2) is 5.43 Å². The van der Waals surface area contributed by atoms with E-state index < -0.39 is 0 Å². The number of hydrogen-bond acceptors (Lipinski definition) is 4. The first-order chi connectivity index (χ1) is 8.74. The average molecular weight is 265 g/mol. The highest BCUT2D eigenvalue weighted by atomic mass is 35.5. The molecule has 94 valence electrons. The number of nitrogens with one attached hydrogen (secondary N) is 2. The second-order valence-corrected chi connectivity index (χ2v) is 4.87. The molecule has 2 aliphatic rings. The molecule has 0 radical (unpaired) electrons. The second-order valence-electron chi connectivity index (χ2n) is 4.43. The summed E-state index contributed by atoms with van der Waals surface area (Å²) in [6, 6.07) is 7.48. The summed E-state index contributed by atoms with van der Waals surface area (Å²) in [6.07, 6.45) is 1.48. The maximum atomic E-state index is 12.2. The van der Waals surface area contributed by atoms with Gasteiger partial charge in [-0.2, -0.15) is 0 Å². The summed E-state index contributed by atoms with van der Waals surface area (Å²) < 4.78 is 0. The SMILES string of the molecule is O=C1C2CNNC2N=CN1Cc1ccc(Cl)cc1. The van der Waals surface area contributed by atoms with Gasteiger partial charge in [0.25, 0.3) is 0 Å². The van der Waals surface area contributed by atoms with Crippen LogP contribution in [0.25, 0.3) is 0 Å². The fourth-order valence-corrected chi connectivity index (χ4v) is 2.30. The Bertz CT molecular complexity index is 487. The predicted molar refractivity (Wildman–Crippen MR) is 68.9 cm³/mol. The smallest absolute Gasteiger partial charge is 0.236 e. The number of hydrazine groups is 1. The molecule has 6 heteroatoms. The maximum absolute atomic E-state index is 12.2. The fraction of sp³-hybridized carbons (Fsp3) is 0.333. The van der Waals surface area contributed by atoms with Crippen LogP contribution in [-0.2, 0) is 11.3 Å². The van der Waals surface area contributed by atoms with Gasteiger partial charge in [0.2, 0.25) is 5.91 Å². The summed E-state index contributed by atoms with van der Waals surface area (Å²) in [5.41, 5.74) is 6.96. The Kier molecular flexibility index (Phi) is 3.03. The molecule has 1 saturated heterocycles. The number of aliphatic imine (C=N–C) groups is 1. The van der Waals surface area contributed by atoms with E-state index in [1.165, 1.54) is 0 Å². The van der Waals surface area contributed by atoms with Crippen molar-refractivity contribution in [2.75, 3.05) is 6.54 Å². The zero-order valence-corrected chi connectivity index (χ0v) is 10.4. The van der Waals surface area contributed by atoms with Crippen molar-refractivity contribution in [1.82, 2.24) is 15.8 Å². The molecule has 2 aliphatic heterocycles. The van der Waals surface area contributed by atoms with Crippen molar-refractivity contribution in [1.29, 1.82) is 0 Å². The third-order valence-corrected chi connectivity index (χ3v) is 3.44. The van der Waals surface area contributed by atoms with Gasteiger partial charge in [0.15, 0.2) is 0 Å². The van der Waals surface area contributed by atoms with Crippen LogP contribution >= 0.6 is 11.6 Å². The zero-order valence-electron chi connectivity index (χ0n) is 9.64. The fourth-order valence-electron chi connectivity index (χ4n) is 2.18. The molecule has 0 spiro atoms. The molecule has 1 amide bonds. The Hall–Kier alpha value is -1.43. The molecule has 0 bridgehead atoms. The Balaban J connectivity index is 1.75. The van der Waals surface area contributed by atoms with Gasteiger partial charge in [0.1, 0.15) is 6.17 Å². The van der Waals surface area contributed by atoms with E-state index in [9.17, 15) is 4.79 Å². The summed E-state index contributed by atoms with van der Waals surface area (Å²) in [5, 5.41) is 0.696. The molecule has 5 nitrogen and oxygen atoms in total. The van der Waals surface area contributed by atoms with Crippen molar-refractivity contribution in [3.05, 3.63) is 34.9 Å². The molecule has 1 aromatic carbocycles. The lowest BCUT2D eigenvalue weighted by molar-refractivity contribution is -0.132. The Morgan fingerprint density at radius 1 is 1.39 bits per heavy atom. The highest BCUT2D eigenvalue weighted by Gasteiger charge is 2.37. The Morgan fingerprint density at radius 3 is 2.94 bits per heavy atom. The molecule has 2 unspecified atom stereocenters. The zero-order chi connectivity index (χ0) is 12.5. The van der Waals surface area contributed by atoms with Crippen molar-refractivity contribution in [2.24, 2.45) is 10.9 Å². The van der Waals surface area contributed by atoms with E-state index in [0.717, 1.165) is 5.56 Å². The molecular weight excluding hydrogens is 252 g/mol. The lowest BCUT2D eigenvalue weighted by Gasteiger charge is -2.27. The number of amides is 1. The number of carbonyl (C=O) groups is 1. The Labute approximate surface area is 110 Å². The molecule has 2 atom stereocenters. The molecule has 2 heterocycles. The lowest BCUT2D eigenvalue weighted by Crippen LogP contribution is -2.45. The van der Waals surface area contributed by atoms with E-state index >= 15 is 0 Å². The van der Waals surface area contributed by atoms with Crippen molar-refractivity contribution >= 4 is 23.8 Å². The van der Waals surface area contributed by atoms with E-state index in [0.29, 0.717) is 18.1 Å². The normalized spacial score (nSPS) is 26.5. The number of benzene rings is 1. The van der Waals surface area contributed by atoms with E-state index in [1.54, 1.807) is 11.2 Å². The van der Waals surface area contributed by atoms with Crippen LogP contribution in [0.15, 0.2) is 29.3 Å². The molecule has 3 rings (SSSR count). The molecule has 2 N–H and O–H groups in total. The molecule has 18 heavy (non-hydrogen) atoms. The highest BCUT2D eigenvalue weighted by molar-refractivity contribution is 6.30. The first kappa shape index (κ1) is 11.6. The minimum atomic E-state index is -0.126. The van der Waals surface area contributed by atoms with Crippen LogP contribution in [0.1, 0.15) is 5.56 Å². The summed E-state index contributed by atoms with van der Waals surface area (Å²) in [6.45, 7) is 1.15. The number of carbonyl (C=O) groups excluding carboxylic acids is 1. The van der Waals surface area contributed by atoms with Gasteiger partial charge in [0, 0.05) is 11.6 Å². The number of nitrogens with zero attached hydrogens (tertiary/aromatic N) is 2.